The number of halogens is 1. The van der Waals surface area contributed by atoms with Crippen molar-refractivity contribution in [3.05, 3.63) is 40.6 Å². The lowest BCUT2D eigenvalue weighted by Gasteiger charge is -2.43. The van der Waals surface area contributed by atoms with Gasteiger partial charge in [-0.25, -0.2) is 9.67 Å². The van der Waals surface area contributed by atoms with Gasteiger partial charge in [0.1, 0.15) is 41.2 Å². The first-order valence-corrected chi connectivity index (χ1v) is 13.4. The minimum Gasteiger partial charge on any atom is -0.394 e. The molecule has 36 heavy (non-hydrogen) atoms. The number of pyridine rings is 1. The van der Waals surface area contributed by atoms with Crippen molar-refractivity contribution in [2.75, 3.05) is 32.5 Å². The predicted molar refractivity (Wildman–Crippen MR) is 138 cm³/mol. The van der Waals surface area contributed by atoms with Crippen LogP contribution in [0.15, 0.2) is 34.8 Å². The molecule has 2 aliphatic rings. The van der Waals surface area contributed by atoms with Gasteiger partial charge in [0.2, 0.25) is 0 Å². The number of thioether (sulfide) groups is 1. The maximum atomic E-state index is 11.1. The molecule has 2 aliphatic heterocycles. The van der Waals surface area contributed by atoms with Crippen molar-refractivity contribution in [2.45, 2.75) is 41.1 Å². The molecule has 0 aliphatic carbocycles. The third-order valence-corrected chi connectivity index (χ3v) is 8.18. The minimum absolute atomic E-state index is 0.382. The van der Waals surface area contributed by atoms with Crippen molar-refractivity contribution in [2.24, 2.45) is 0 Å². The molecule has 0 bridgehead atoms. The van der Waals surface area contributed by atoms with Crippen LogP contribution in [0.25, 0.3) is 17.0 Å². The van der Waals surface area contributed by atoms with Crippen LogP contribution in [0.2, 0.25) is 5.02 Å². The molecular weight excluding hydrogens is 526 g/mol. The summed E-state index contributed by atoms with van der Waals surface area (Å²) in [7, 11) is 1.55. The van der Waals surface area contributed by atoms with Gasteiger partial charge in [-0.05, 0) is 24.6 Å². The molecule has 0 radical (unpaired) electrons. The second-order valence-electron chi connectivity index (χ2n) is 8.36. The molecule has 3 aromatic heterocycles. The van der Waals surface area contributed by atoms with E-state index in [0.717, 1.165) is 35.7 Å². The Morgan fingerprint density at radius 1 is 1.42 bits per heavy atom. The molecule has 5 rings (SSSR count). The SMILES string of the molecule is COC1C(n2cc(-c3csc(N)n3)nn2)[C@@H](O)C(CO)O[C@@H]1Sc1cc(Cl)cnc1C1=CCNCC1. The number of rotatable bonds is 7. The summed E-state index contributed by atoms with van der Waals surface area (Å²) in [5.74, 6) is 0. The summed E-state index contributed by atoms with van der Waals surface area (Å²) >= 11 is 9.01. The quantitative estimate of drug-likeness (QED) is 0.340. The lowest BCUT2D eigenvalue weighted by Crippen LogP contribution is -2.55. The first-order chi connectivity index (χ1) is 17.5. The molecular formula is C22H26ClN7O4S2. The van der Waals surface area contributed by atoms with Gasteiger partial charge in [-0.15, -0.1) is 16.4 Å². The molecule has 14 heteroatoms. The molecule has 5 atom stereocenters. The number of nitrogens with two attached hydrogens (primary N) is 1. The minimum atomic E-state index is -1.10. The molecule has 0 amide bonds. The van der Waals surface area contributed by atoms with Gasteiger partial charge in [0.25, 0.3) is 0 Å². The number of thiazole rings is 1. The number of aliphatic hydroxyl groups is 2. The highest BCUT2D eigenvalue weighted by molar-refractivity contribution is 7.99. The Morgan fingerprint density at radius 3 is 2.97 bits per heavy atom. The number of hydrogen-bond acceptors (Lipinski definition) is 12. The van der Waals surface area contributed by atoms with Crippen molar-refractivity contribution in [1.29, 1.82) is 0 Å². The highest BCUT2D eigenvalue weighted by Gasteiger charge is 2.47. The average Bonchev–Trinajstić information content (AvgIpc) is 3.54. The fraction of sp³-hybridized carbons (Fsp3) is 0.455. The van der Waals surface area contributed by atoms with Crippen LogP contribution in [0, 0.1) is 0 Å². The van der Waals surface area contributed by atoms with Gasteiger partial charge in [0.15, 0.2) is 5.13 Å². The first kappa shape index (κ1) is 25.5. The second-order valence-corrected chi connectivity index (χ2v) is 10.8. The van der Waals surface area contributed by atoms with Crippen molar-refractivity contribution in [3.63, 3.8) is 0 Å². The molecule has 1 fully saturated rings. The molecule has 0 aromatic carbocycles. The summed E-state index contributed by atoms with van der Waals surface area (Å²) in [5, 5.41) is 35.6. The molecule has 0 saturated carbocycles. The lowest BCUT2D eigenvalue weighted by atomic mass is 9.97. The van der Waals surface area contributed by atoms with Crippen molar-refractivity contribution >= 4 is 45.4 Å². The van der Waals surface area contributed by atoms with Crippen molar-refractivity contribution < 1.29 is 19.7 Å². The molecule has 5 N–H and O–H groups in total. The van der Waals surface area contributed by atoms with Gasteiger partial charge in [0.05, 0.1) is 23.5 Å². The molecule has 5 heterocycles. The van der Waals surface area contributed by atoms with Crippen LogP contribution >= 0.6 is 34.7 Å². The number of nitrogen functional groups attached to an aromatic ring is 1. The highest BCUT2D eigenvalue weighted by atomic mass is 35.5. The summed E-state index contributed by atoms with van der Waals surface area (Å²) in [5.41, 5.74) is 8.21. The van der Waals surface area contributed by atoms with E-state index in [1.54, 1.807) is 24.9 Å². The maximum absolute atomic E-state index is 11.1. The van der Waals surface area contributed by atoms with E-state index in [4.69, 9.17) is 26.8 Å². The molecule has 1 saturated heterocycles. The predicted octanol–water partition coefficient (Wildman–Crippen LogP) is 1.84. The number of methoxy groups -OCH3 is 1. The second kappa shape index (κ2) is 11.1. The number of nitrogens with one attached hydrogen (secondary N) is 1. The van der Waals surface area contributed by atoms with E-state index in [1.165, 1.54) is 27.8 Å². The summed E-state index contributed by atoms with van der Waals surface area (Å²) in [6.45, 7) is 1.25. The molecule has 0 spiro atoms. The molecule has 3 unspecified atom stereocenters. The Bertz CT molecular complexity index is 1240. The lowest BCUT2D eigenvalue weighted by molar-refractivity contribution is -0.186. The van der Waals surface area contributed by atoms with E-state index in [-0.39, 0.29) is 6.61 Å². The fourth-order valence-corrected chi connectivity index (χ4v) is 6.49. The molecule has 11 nitrogen and oxygen atoms in total. The zero-order valence-electron chi connectivity index (χ0n) is 19.3. The van der Waals surface area contributed by atoms with E-state index in [2.05, 4.69) is 31.7 Å². The van der Waals surface area contributed by atoms with Gasteiger partial charge in [0, 0.05) is 30.1 Å². The van der Waals surface area contributed by atoms with E-state index in [1.807, 2.05) is 6.07 Å². The van der Waals surface area contributed by atoms with Crippen LogP contribution < -0.4 is 11.1 Å². The topological polar surface area (TPSA) is 153 Å². The first-order valence-electron chi connectivity index (χ1n) is 11.3. The molecule has 3 aromatic rings. The summed E-state index contributed by atoms with van der Waals surface area (Å²) in [6, 6.07) is 1.16. The third kappa shape index (κ3) is 5.15. The number of hydrogen-bond donors (Lipinski definition) is 4. The maximum Gasteiger partial charge on any atom is 0.180 e. The highest BCUT2D eigenvalue weighted by Crippen LogP contribution is 2.42. The van der Waals surface area contributed by atoms with E-state index >= 15 is 0 Å². The summed E-state index contributed by atoms with van der Waals surface area (Å²) < 4.78 is 13.5. The van der Waals surface area contributed by atoms with Crippen LogP contribution in [-0.2, 0) is 9.47 Å². The van der Waals surface area contributed by atoms with Gasteiger partial charge >= 0.3 is 0 Å². The Balaban J connectivity index is 1.48. The summed E-state index contributed by atoms with van der Waals surface area (Å²) in [4.78, 5) is 9.68. The van der Waals surface area contributed by atoms with E-state index < -0.39 is 29.8 Å². The zero-order chi connectivity index (χ0) is 25.2. The van der Waals surface area contributed by atoms with E-state index in [0.29, 0.717) is 21.5 Å². The third-order valence-electron chi connectivity index (χ3n) is 6.13. The number of aromatic nitrogens is 5. The van der Waals surface area contributed by atoms with Crippen LogP contribution in [0.4, 0.5) is 5.13 Å². The van der Waals surface area contributed by atoms with Gasteiger partial charge in [-0.1, -0.05) is 34.7 Å². The van der Waals surface area contributed by atoms with Crippen LogP contribution in [0.5, 0.6) is 0 Å². The van der Waals surface area contributed by atoms with Crippen LogP contribution in [0.3, 0.4) is 0 Å². The average molecular weight is 552 g/mol. The van der Waals surface area contributed by atoms with Gasteiger partial charge in [-0.3, -0.25) is 4.98 Å². The normalized spacial score (nSPS) is 26.7. The van der Waals surface area contributed by atoms with Crippen molar-refractivity contribution in [1.82, 2.24) is 30.3 Å². The monoisotopic (exact) mass is 551 g/mol. The van der Waals surface area contributed by atoms with E-state index in [9.17, 15) is 10.2 Å². The zero-order valence-corrected chi connectivity index (χ0v) is 21.7. The van der Waals surface area contributed by atoms with Crippen LogP contribution in [0.1, 0.15) is 18.2 Å². The molecule has 192 valence electrons. The Morgan fingerprint density at radius 2 is 2.28 bits per heavy atom. The van der Waals surface area contributed by atoms with Crippen LogP contribution in [-0.4, -0.2) is 85.7 Å². The summed E-state index contributed by atoms with van der Waals surface area (Å²) in [6.07, 6.45) is 3.66. The fourth-order valence-electron chi connectivity index (χ4n) is 4.37. The smallest absolute Gasteiger partial charge is 0.180 e. The number of ether oxygens (including phenoxy) is 2. The number of nitrogens with zero attached hydrogens (tertiary/aromatic N) is 5. The number of aliphatic hydroxyl groups excluding tert-OH is 2. The van der Waals surface area contributed by atoms with Gasteiger partial charge in [-0.2, -0.15) is 0 Å². The standard InChI is InChI=1S/C22H26ClN7O4S2/c1-33-20-18(30-8-13(28-29-30)14-10-35-22(24)27-14)19(32)15(9-31)34-21(20)36-16-6-12(23)7-26-17(16)11-2-4-25-5-3-11/h2,6-8,10,15,18-21,25,31-32H,3-5,9H2,1H3,(H2,24,27)/t15?,18?,19-,20?,21+/m0/s1. The largest absolute Gasteiger partial charge is 0.394 e. The van der Waals surface area contributed by atoms with Crippen molar-refractivity contribution in [3.8, 4) is 11.4 Å². The Labute approximate surface area is 220 Å². The Hall–Kier alpha value is -2.10. The number of anilines is 1. The van der Waals surface area contributed by atoms with Gasteiger partial charge < -0.3 is 30.7 Å². The Kier molecular flexibility index (Phi) is 7.88.